The summed E-state index contributed by atoms with van der Waals surface area (Å²) in [5.41, 5.74) is 4.55. The van der Waals surface area contributed by atoms with E-state index in [4.69, 9.17) is 23.2 Å². The highest BCUT2D eigenvalue weighted by molar-refractivity contribution is 6.31. The smallest absolute Gasteiger partial charge is 0.110 e. The third kappa shape index (κ3) is 2.49. The molecule has 0 radical (unpaired) electrons. The van der Waals surface area contributed by atoms with Crippen LogP contribution >= 0.6 is 23.2 Å². The maximum absolute atomic E-state index is 6.22. The Morgan fingerprint density at radius 1 is 0.957 bits per heavy atom. The van der Waals surface area contributed by atoms with Gasteiger partial charge in [-0.1, -0.05) is 29.3 Å². The van der Waals surface area contributed by atoms with Gasteiger partial charge in [-0.15, -0.1) is 6.58 Å². The number of rotatable bonds is 3. The van der Waals surface area contributed by atoms with E-state index in [-0.39, 0.29) is 12.3 Å². The van der Waals surface area contributed by atoms with Crippen LogP contribution in [0.25, 0.3) is 0 Å². The molecule has 0 fully saturated rings. The van der Waals surface area contributed by atoms with Gasteiger partial charge in [0.05, 0.1) is 0 Å². The van der Waals surface area contributed by atoms with Gasteiger partial charge in [0.1, 0.15) is 12.3 Å². The highest BCUT2D eigenvalue weighted by atomic mass is 35.5. The first-order valence-corrected chi connectivity index (χ1v) is 8.41. The number of benzene rings is 2. The Balaban J connectivity index is 1.83. The number of hydrogen-bond acceptors (Lipinski definition) is 3. The molecule has 0 saturated carbocycles. The van der Waals surface area contributed by atoms with Crippen LogP contribution in [0.4, 0.5) is 11.4 Å². The second-order valence-electron chi connectivity index (χ2n) is 5.87. The molecule has 0 aliphatic carbocycles. The molecule has 23 heavy (non-hydrogen) atoms. The van der Waals surface area contributed by atoms with Gasteiger partial charge in [-0.05, 0) is 42.8 Å². The lowest BCUT2D eigenvalue weighted by Crippen LogP contribution is -2.47. The monoisotopic (exact) mass is 345 g/mol. The van der Waals surface area contributed by atoms with Crippen molar-refractivity contribution in [3.8, 4) is 0 Å². The van der Waals surface area contributed by atoms with Gasteiger partial charge in [0, 0.05) is 39.1 Å². The van der Waals surface area contributed by atoms with Crippen LogP contribution in [0.15, 0.2) is 49.1 Å². The lowest BCUT2D eigenvalue weighted by Gasteiger charge is -2.49. The summed E-state index contributed by atoms with van der Waals surface area (Å²) in [7, 11) is 0. The van der Waals surface area contributed by atoms with Crippen LogP contribution in [0.1, 0.15) is 29.9 Å². The molecular formula is C18H17Cl2N3. The lowest BCUT2D eigenvalue weighted by atomic mass is 9.96. The van der Waals surface area contributed by atoms with Gasteiger partial charge < -0.3 is 10.6 Å². The Kier molecular flexibility index (Phi) is 3.72. The first-order chi connectivity index (χ1) is 11.2. The number of halogens is 2. The summed E-state index contributed by atoms with van der Waals surface area (Å²) in [4.78, 5) is 2.39. The average Bonchev–Trinajstić information content (AvgIpc) is 2.54. The first kappa shape index (κ1) is 14.9. The number of nitrogens with one attached hydrogen (secondary N) is 2. The Bertz CT molecular complexity index is 715. The summed E-state index contributed by atoms with van der Waals surface area (Å²) in [6.45, 7) is 4.75. The van der Waals surface area contributed by atoms with Crippen molar-refractivity contribution in [2.75, 3.05) is 17.2 Å². The predicted octanol–water partition coefficient (Wildman–Crippen LogP) is 5.42. The molecule has 118 valence electrons. The fourth-order valence-corrected chi connectivity index (χ4v) is 3.76. The van der Waals surface area contributed by atoms with Crippen molar-refractivity contribution >= 4 is 34.6 Å². The molecule has 2 aromatic rings. The molecule has 2 bridgehead atoms. The molecule has 2 aliphatic rings. The van der Waals surface area contributed by atoms with Crippen LogP contribution < -0.4 is 10.6 Å². The third-order valence-corrected chi connectivity index (χ3v) is 4.93. The predicted molar refractivity (Wildman–Crippen MR) is 97.2 cm³/mol. The van der Waals surface area contributed by atoms with Crippen LogP contribution in [0.2, 0.25) is 10.0 Å². The van der Waals surface area contributed by atoms with E-state index in [1.807, 2.05) is 42.5 Å². The quantitative estimate of drug-likeness (QED) is 0.727. The van der Waals surface area contributed by atoms with Crippen LogP contribution in [-0.4, -0.2) is 11.4 Å². The van der Waals surface area contributed by atoms with Crippen LogP contribution in [-0.2, 0) is 0 Å². The third-order valence-electron chi connectivity index (χ3n) is 4.46. The van der Waals surface area contributed by atoms with E-state index in [2.05, 4.69) is 22.1 Å². The molecule has 0 aromatic heterocycles. The molecule has 2 atom stereocenters. The van der Waals surface area contributed by atoms with Crippen molar-refractivity contribution in [1.82, 2.24) is 4.90 Å². The lowest BCUT2D eigenvalue weighted by molar-refractivity contribution is 0.150. The molecular weight excluding hydrogens is 329 g/mol. The van der Waals surface area contributed by atoms with E-state index in [0.29, 0.717) is 0 Å². The summed E-state index contributed by atoms with van der Waals surface area (Å²) < 4.78 is 0. The normalized spacial score (nSPS) is 21.7. The maximum atomic E-state index is 6.22. The van der Waals surface area contributed by atoms with Gasteiger partial charge in [-0.3, -0.25) is 4.90 Å². The van der Waals surface area contributed by atoms with Gasteiger partial charge in [-0.2, -0.15) is 0 Å². The molecule has 0 spiro atoms. The zero-order valence-corrected chi connectivity index (χ0v) is 14.0. The summed E-state index contributed by atoms with van der Waals surface area (Å²) in [5.74, 6) is 0. The van der Waals surface area contributed by atoms with E-state index in [9.17, 15) is 0 Å². The Labute approximate surface area is 145 Å². The van der Waals surface area contributed by atoms with E-state index >= 15 is 0 Å². The molecule has 4 rings (SSSR count). The van der Waals surface area contributed by atoms with E-state index < -0.39 is 0 Å². The van der Waals surface area contributed by atoms with E-state index in [1.165, 1.54) is 11.1 Å². The van der Waals surface area contributed by atoms with E-state index in [1.54, 1.807) is 0 Å². The number of fused-ring (bicyclic) bond motifs is 6. The van der Waals surface area contributed by atoms with Crippen molar-refractivity contribution in [3.63, 3.8) is 0 Å². The number of nitrogens with zero attached hydrogens (tertiary/aromatic N) is 1. The molecule has 0 saturated heterocycles. The highest BCUT2D eigenvalue weighted by Crippen LogP contribution is 2.47. The minimum absolute atomic E-state index is 0.0866. The number of anilines is 2. The van der Waals surface area contributed by atoms with Crippen molar-refractivity contribution in [3.05, 3.63) is 70.2 Å². The summed E-state index contributed by atoms with van der Waals surface area (Å²) in [6, 6.07) is 12.0. The molecule has 3 nitrogen and oxygen atoms in total. The molecule has 2 aromatic carbocycles. The average molecular weight is 346 g/mol. The fourth-order valence-electron chi connectivity index (χ4n) is 3.40. The molecule has 5 heteroatoms. The number of hydrogen-bond donors (Lipinski definition) is 2. The minimum Gasteiger partial charge on any atom is -0.365 e. The molecule has 0 amide bonds. The van der Waals surface area contributed by atoms with Gasteiger partial charge in [0.2, 0.25) is 0 Å². The summed E-state index contributed by atoms with van der Waals surface area (Å²) in [6.07, 6.45) is 3.04. The first-order valence-electron chi connectivity index (χ1n) is 7.66. The topological polar surface area (TPSA) is 27.3 Å². The van der Waals surface area contributed by atoms with Crippen molar-refractivity contribution in [2.45, 2.75) is 18.8 Å². The standard InChI is InChI=1S/C18H17Cl2N3/c1-2-3-8-23-17-13-9-11(19)4-6-15(13)21-18(23)14-10-12(20)5-7-16(14)22-17/h2,4-7,9-10,17-18,21-22H,1,3,8H2. The zero-order chi connectivity index (χ0) is 16.0. The van der Waals surface area contributed by atoms with E-state index in [0.717, 1.165) is 34.4 Å². The molecule has 2 unspecified atom stereocenters. The summed E-state index contributed by atoms with van der Waals surface area (Å²) in [5, 5.41) is 8.76. The molecule has 2 aliphatic heterocycles. The van der Waals surface area contributed by atoms with Crippen LogP contribution in [0, 0.1) is 0 Å². The van der Waals surface area contributed by atoms with Crippen molar-refractivity contribution < 1.29 is 0 Å². The highest BCUT2D eigenvalue weighted by Gasteiger charge is 2.39. The van der Waals surface area contributed by atoms with Crippen molar-refractivity contribution in [2.24, 2.45) is 0 Å². The van der Waals surface area contributed by atoms with Crippen LogP contribution in [0.3, 0.4) is 0 Å². The van der Waals surface area contributed by atoms with Gasteiger partial charge in [0.25, 0.3) is 0 Å². The Hall–Kier alpha value is -1.68. The zero-order valence-electron chi connectivity index (χ0n) is 12.5. The summed E-state index contributed by atoms with van der Waals surface area (Å²) >= 11 is 12.4. The molecule has 2 N–H and O–H groups in total. The largest absolute Gasteiger partial charge is 0.365 e. The fraction of sp³-hybridized carbons (Fsp3) is 0.222. The van der Waals surface area contributed by atoms with Gasteiger partial charge in [-0.25, -0.2) is 0 Å². The molecule has 2 heterocycles. The second kappa shape index (κ2) is 5.75. The SMILES string of the molecule is C=CCCN1C2Nc3ccc(Cl)cc3C1Nc1ccc(Cl)cc12. The van der Waals surface area contributed by atoms with Gasteiger partial charge >= 0.3 is 0 Å². The Morgan fingerprint density at radius 2 is 1.48 bits per heavy atom. The van der Waals surface area contributed by atoms with Crippen LogP contribution in [0.5, 0.6) is 0 Å². The Morgan fingerprint density at radius 3 is 1.96 bits per heavy atom. The second-order valence-corrected chi connectivity index (χ2v) is 6.74. The van der Waals surface area contributed by atoms with Gasteiger partial charge in [0.15, 0.2) is 0 Å². The minimum atomic E-state index is 0.0866. The maximum Gasteiger partial charge on any atom is 0.110 e. The van der Waals surface area contributed by atoms with Crippen molar-refractivity contribution in [1.29, 1.82) is 0 Å².